The summed E-state index contributed by atoms with van der Waals surface area (Å²) in [5.41, 5.74) is 15.6. The molecule has 0 unspecified atom stereocenters. The molecular formula is C24H30N6+2. The van der Waals surface area contributed by atoms with Crippen LogP contribution in [-0.4, -0.2) is 20.8 Å². The second kappa shape index (κ2) is 8.45. The fourth-order valence-corrected chi connectivity index (χ4v) is 4.07. The topological polar surface area (TPSA) is 113 Å². The molecule has 0 aliphatic rings. The van der Waals surface area contributed by atoms with E-state index in [1.807, 2.05) is 24.3 Å². The number of fused-ring (bicyclic) bond motifs is 2. The van der Waals surface area contributed by atoms with Crippen molar-refractivity contribution in [1.29, 1.82) is 0 Å². The van der Waals surface area contributed by atoms with Crippen molar-refractivity contribution in [3.05, 3.63) is 72.1 Å². The van der Waals surface area contributed by atoms with Gasteiger partial charge in [-0.15, -0.1) is 0 Å². The zero-order valence-electron chi connectivity index (χ0n) is 17.2. The Labute approximate surface area is 176 Å². The van der Waals surface area contributed by atoms with Gasteiger partial charge in [-0.05, 0) is 61.4 Å². The standard InChI is InChI=1S/C24H28N6/c25-23(26)19-5-7-21-17(15-19)9-13-29(21)11-3-1-2-4-12-30-14-10-18-16-20(24(27)28)6-8-22(18)30/h5-10,13-16H,1-4,11-12H2,(H3,25,26)(H3,27,28)/p+2. The average Bonchev–Trinajstić information content (AvgIpc) is 3.33. The van der Waals surface area contributed by atoms with Crippen molar-refractivity contribution in [2.24, 2.45) is 11.5 Å². The van der Waals surface area contributed by atoms with Gasteiger partial charge in [0, 0.05) is 47.3 Å². The number of benzene rings is 2. The molecule has 0 atom stereocenters. The summed E-state index contributed by atoms with van der Waals surface area (Å²) in [5, 5.41) is 13.8. The van der Waals surface area contributed by atoms with Crippen LogP contribution in [0.5, 0.6) is 0 Å². The van der Waals surface area contributed by atoms with Crippen molar-refractivity contribution >= 4 is 33.5 Å². The van der Waals surface area contributed by atoms with Crippen LogP contribution in [0.4, 0.5) is 0 Å². The fraction of sp³-hybridized carbons (Fsp3) is 0.250. The summed E-state index contributed by atoms with van der Waals surface area (Å²) in [4.78, 5) is 0. The Morgan fingerprint density at radius 2 is 1.07 bits per heavy atom. The van der Waals surface area contributed by atoms with Crippen molar-refractivity contribution in [3.63, 3.8) is 0 Å². The van der Waals surface area contributed by atoms with Crippen LogP contribution >= 0.6 is 0 Å². The largest absolute Gasteiger partial charge is 0.347 e. The summed E-state index contributed by atoms with van der Waals surface area (Å²) in [7, 11) is 0. The Morgan fingerprint density at radius 1 is 0.633 bits per heavy atom. The summed E-state index contributed by atoms with van der Waals surface area (Å²) in [6, 6.07) is 16.5. The van der Waals surface area contributed by atoms with E-state index in [0.29, 0.717) is 11.7 Å². The predicted octanol–water partition coefficient (Wildman–Crippen LogP) is 0.785. The van der Waals surface area contributed by atoms with Crippen LogP contribution in [-0.2, 0) is 13.1 Å². The second-order valence-electron chi connectivity index (χ2n) is 7.89. The van der Waals surface area contributed by atoms with Gasteiger partial charge in [0.1, 0.15) is 0 Å². The molecule has 0 spiro atoms. The van der Waals surface area contributed by atoms with E-state index in [1.165, 1.54) is 34.6 Å². The minimum absolute atomic E-state index is 0.363. The van der Waals surface area contributed by atoms with E-state index in [2.05, 4.69) is 45.8 Å². The number of hydrogen-bond acceptors (Lipinski definition) is 0. The third-order valence-electron chi connectivity index (χ3n) is 5.76. The van der Waals surface area contributed by atoms with Gasteiger partial charge in [-0.25, -0.2) is 0 Å². The molecule has 0 amide bonds. The Morgan fingerprint density at radius 3 is 1.47 bits per heavy atom. The summed E-state index contributed by atoms with van der Waals surface area (Å²) in [5.74, 6) is 0.727. The highest BCUT2D eigenvalue weighted by atomic mass is 15.0. The molecule has 0 bridgehead atoms. The number of unbranched alkanes of at least 4 members (excludes halogenated alkanes) is 3. The van der Waals surface area contributed by atoms with E-state index in [1.54, 1.807) is 0 Å². The molecule has 0 saturated carbocycles. The normalized spacial score (nSPS) is 11.3. The molecule has 0 aliphatic carbocycles. The number of nitrogens with zero attached hydrogens (tertiary/aromatic N) is 2. The number of hydrogen-bond donors (Lipinski definition) is 4. The van der Waals surface area contributed by atoms with Gasteiger partial charge in [0.25, 0.3) is 11.7 Å². The molecule has 6 heteroatoms. The molecule has 8 N–H and O–H groups in total. The zero-order chi connectivity index (χ0) is 21.1. The summed E-state index contributed by atoms with van der Waals surface area (Å²) >= 11 is 0. The minimum Gasteiger partial charge on any atom is -0.347 e. The monoisotopic (exact) mass is 402 g/mol. The molecule has 6 nitrogen and oxygen atoms in total. The van der Waals surface area contributed by atoms with Gasteiger partial charge in [-0.1, -0.05) is 12.8 Å². The first kappa shape index (κ1) is 19.8. The lowest BCUT2D eigenvalue weighted by atomic mass is 10.1. The highest BCUT2D eigenvalue weighted by Gasteiger charge is 2.07. The van der Waals surface area contributed by atoms with Crippen LogP contribution < -0.4 is 22.3 Å². The summed E-state index contributed by atoms with van der Waals surface area (Å²) in [6.07, 6.45) is 9.04. The third-order valence-corrected chi connectivity index (χ3v) is 5.76. The van der Waals surface area contributed by atoms with E-state index in [0.717, 1.165) is 37.1 Å². The molecule has 4 rings (SSSR count). The molecule has 154 valence electrons. The zero-order valence-corrected chi connectivity index (χ0v) is 17.2. The average molecular weight is 403 g/mol. The van der Waals surface area contributed by atoms with Gasteiger partial charge in [0.2, 0.25) is 0 Å². The molecule has 2 aromatic heterocycles. The van der Waals surface area contributed by atoms with E-state index in [4.69, 9.17) is 22.3 Å². The van der Waals surface area contributed by atoms with Crippen LogP contribution in [0.3, 0.4) is 0 Å². The summed E-state index contributed by atoms with van der Waals surface area (Å²) in [6.45, 7) is 2.05. The lowest BCUT2D eigenvalue weighted by Crippen LogP contribution is -2.46. The number of nitrogens with two attached hydrogens (primary N) is 4. The van der Waals surface area contributed by atoms with Gasteiger partial charge in [-0.3, -0.25) is 22.3 Å². The number of aromatic nitrogens is 2. The smallest absolute Gasteiger partial charge is 0.270 e. The van der Waals surface area contributed by atoms with Gasteiger partial charge < -0.3 is 9.13 Å². The highest BCUT2D eigenvalue weighted by molar-refractivity contribution is 5.97. The van der Waals surface area contributed by atoms with Gasteiger partial charge in [0.05, 0.1) is 11.1 Å². The lowest BCUT2D eigenvalue weighted by Gasteiger charge is -2.08. The molecular weight excluding hydrogens is 372 g/mol. The number of amidine groups is 2. The maximum absolute atomic E-state index is 5.70. The van der Waals surface area contributed by atoms with E-state index in [-0.39, 0.29) is 0 Å². The van der Waals surface area contributed by atoms with Crippen molar-refractivity contribution in [3.8, 4) is 0 Å². The van der Waals surface area contributed by atoms with Crippen molar-refractivity contribution in [2.45, 2.75) is 38.8 Å². The Kier molecular flexibility index (Phi) is 5.57. The van der Waals surface area contributed by atoms with Crippen molar-refractivity contribution in [1.82, 2.24) is 9.13 Å². The molecule has 4 aromatic rings. The summed E-state index contributed by atoms with van der Waals surface area (Å²) < 4.78 is 4.62. The lowest BCUT2D eigenvalue weighted by molar-refractivity contribution is -0.115. The second-order valence-corrected chi connectivity index (χ2v) is 7.89. The first-order chi connectivity index (χ1) is 14.5. The molecule has 30 heavy (non-hydrogen) atoms. The number of rotatable bonds is 9. The number of aryl methyl sites for hydroxylation is 2. The van der Waals surface area contributed by atoms with Gasteiger partial charge >= 0.3 is 0 Å². The van der Waals surface area contributed by atoms with Crippen LogP contribution in [0.25, 0.3) is 21.8 Å². The van der Waals surface area contributed by atoms with E-state index >= 15 is 0 Å². The molecule has 2 heterocycles. The van der Waals surface area contributed by atoms with Crippen LogP contribution in [0.15, 0.2) is 60.9 Å². The maximum atomic E-state index is 5.70. The van der Waals surface area contributed by atoms with E-state index < -0.39 is 0 Å². The Bertz CT molecular complexity index is 1120. The first-order valence-electron chi connectivity index (χ1n) is 10.5. The molecule has 0 radical (unpaired) electrons. The van der Waals surface area contributed by atoms with Crippen LogP contribution in [0.1, 0.15) is 36.8 Å². The minimum atomic E-state index is 0.363. The fourth-order valence-electron chi connectivity index (χ4n) is 4.07. The Balaban J connectivity index is 1.26. The van der Waals surface area contributed by atoms with Crippen LogP contribution in [0.2, 0.25) is 0 Å². The maximum Gasteiger partial charge on any atom is 0.270 e. The molecule has 0 fully saturated rings. The quantitative estimate of drug-likeness (QED) is 0.188. The van der Waals surface area contributed by atoms with Gasteiger partial charge in [-0.2, -0.15) is 0 Å². The highest BCUT2D eigenvalue weighted by Crippen LogP contribution is 2.20. The molecule has 0 aliphatic heterocycles. The van der Waals surface area contributed by atoms with Crippen LogP contribution in [0, 0.1) is 0 Å². The predicted molar refractivity (Wildman–Crippen MR) is 123 cm³/mol. The molecule has 2 aromatic carbocycles. The van der Waals surface area contributed by atoms with Crippen molar-refractivity contribution < 1.29 is 10.8 Å². The van der Waals surface area contributed by atoms with Crippen molar-refractivity contribution in [2.75, 3.05) is 0 Å². The van der Waals surface area contributed by atoms with E-state index in [9.17, 15) is 0 Å². The van der Waals surface area contributed by atoms with Gasteiger partial charge in [0.15, 0.2) is 0 Å². The SMILES string of the molecule is NC(=[NH2+])c1ccc2c(ccn2CCCCCCn2ccc3cc(C(N)=[NH2+])ccc32)c1. The first-order valence-corrected chi connectivity index (χ1v) is 10.5. The third kappa shape index (κ3) is 4.08. The Hall–Kier alpha value is -3.54. The molecule has 0 saturated heterocycles.